The highest BCUT2D eigenvalue weighted by atomic mass is 19.4. The van der Waals surface area contributed by atoms with Crippen molar-refractivity contribution in [1.82, 2.24) is 15.1 Å². The standard InChI is InChI=1S/C16H22F4N4/c1-12(16(18,19)20)23-6-8-24(9-7-23)15(21-2)22-11-13-4-3-5-14(17)10-13/h3-5,10,12H,6-9,11H2,1-2H3,(H,21,22). The minimum Gasteiger partial charge on any atom is -0.352 e. The summed E-state index contributed by atoms with van der Waals surface area (Å²) < 4.78 is 51.5. The molecule has 0 bridgehead atoms. The third kappa shape index (κ3) is 4.83. The highest BCUT2D eigenvalue weighted by molar-refractivity contribution is 5.80. The van der Waals surface area contributed by atoms with Crippen molar-refractivity contribution in [3.8, 4) is 0 Å². The van der Waals surface area contributed by atoms with Crippen LogP contribution in [0.15, 0.2) is 29.3 Å². The first kappa shape index (κ1) is 18.5. The Morgan fingerprint density at radius 2 is 1.92 bits per heavy atom. The zero-order valence-corrected chi connectivity index (χ0v) is 13.8. The molecule has 4 nitrogen and oxygen atoms in total. The number of nitrogens with one attached hydrogen (secondary N) is 1. The van der Waals surface area contributed by atoms with Gasteiger partial charge in [0, 0.05) is 39.8 Å². The molecular formula is C16H22F4N4. The Morgan fingerprint density at radius 3 is 2.46 bits per heavy atom. The van der Waals surface area contributed by atoms with Gasteiger partial charge in [-0.15, -0.1) is 0 Å². The molecule has 1 aromatic carbocycles. The minimum atomic E-state index is -4.21. The van der Waals surface area contributed by atoms with Crippen LogP contribution in [-0.2, 0) is 6.54 Å². The van der Waals surface area contributed by atoms with Gasteiger partial charge in [-0.1, -0.05) is 12.1 Å². The summed E-state index contributed by atoms with van der Waals surface area (Å²) in [4.78, 5) is 7.51. The molecule has 1 aromatic rings. The van der Waals surface area contributed by atoms with Gasteiger partial charge >= 0.3 is 6.18 Å². The maximum absolute atomic E-state index is 13.2. The summed E-state index contributed by atoms with van der Waals surface area (Å²) in [6.07, 6.45) is -4.21. The molecule has 1 atom stereocenters. The lowest BCUT2D eigenvalue weighted by molar-refractivity contribution is -0.181. The SMILES string of the molecule is CN=C(NCc1cccc(F)c1)N1CCN(C(C)C(F)(F)F)CC1. The van der Waals surface area contributed by atoms with Gasteiger partial charge in [-0.25, -0.2) is 4.39 Å². The molecule has 0 radical (unpaired) electrons. The highest BCUT2D eigenvalue weighted by Gasteiger charge is 2.41. The third-order valence-corrected chi connectivity index (χ3v) is 4.19. The van der Waals surface area contributed by atoms with Crippen LogP contribution in [0.25, 0.3) is 0 Å². The quantitative estimate of drug-likeness (QED) is 0.518. The molecule has 1 heterocycles. The molecule has 134 valence electrons. The fourth-order valence-electron chi connectivity index (χ4n) is 2.69. The zero-order valence-electron chi connectivity index (χ0n) is 13.8. The second-order valence-electron chi connectivity index (χ2n) is 5.77. The minimum absolute atomic E-state index is 0.306. The molecule has 1 saturated heterocycles. The van der Waals surface area contributed by atoms with E-state index in [9.17, 15) is 17.6 Å². The molecule has 0 saturated carbocycles. The molecule has 0 spiro atoms. The smallest absolute Gasteiger partial charge is 0.352 e. The van der Waals surface area contributed by atoms with E-state index in [1.54, 1.807) is 19.2 Å². The van der Waals surface area contributed by atoms with Crippen molar-refractivity contribution in [2.45, 2.75) is 25.7 Å². The predicted octanol–water partition coefficient (Wildman–Crippen LogP) is 2.47. The number of hydrogen-bond acceptors (Lipinski definition) is 2. The van der Waals surface area contributed by atoms with Crippen molar-refractivity contribution < 1.29 is 17.6 Å². The molecule has 24 heavy (non-hydrogen) atoms. The normalized spacial score (nSPS) is 18.6. The maximum Gasteiger partial charge on any atom is 0.403 e. The van der Waals surface area contributed by atoms with Gasteiger partial charge in [-0.05, 0) is 24.6 Å². The van der Waals surface area contributed by atoms with Crippen LogP contribution in [0.2, 0.25) is 0 Å². The molecule has 0 aliphatic carbocycles. The lowest BCUT2D eigenvalue weighted by Crippen LogP contribution is -2.56. The first-order valence-electron chi connectivity index (χ1n) is 7.82. The zero-order chi connectivity index (χ0) is 17.7. The second kappa shape index (κ2) is 7.83. The van der Waals surface area contributed by atoms with Crippen LogP contribution in [0, 0.1) is 5.82 Å². The monoisotopic (exact) mass is 346 g/mol. The van der Waals surface area contributed by atoms with Crippen LogP contribution in [-0.4, -0.2) is 61.2 Å². The van der Waals surface area contributed by atoms with E-state index in [1.165, 1.54) is 24.0 Å². The topological polar surface area (TPSA) is 30.9 Å². The molecule has 1 fully saturated rings. The summed E-state index contributed by atoms with van der Waals surface area (Å²) in [5.74, 6) is 0.303. The number of hydrogen-bond donors (Lipinski definition) is 1. The van der Waals surface area contributed by atoms with Crippen molar-refractivity contribution in [1.29, 1.82) is 0 Å². The largest absolute Gasteiger partial charge is 0.403 e. The Labute approximate surface area is 139 Å². The maximum atomic E-state index is 13.2. The Morgan fingerprint density at radius 1 is 1.25 bits per heavy atom. The van der Waals surface area contributed by atoms with Crippen LogP contribution in [0.3, 0.4) is 0 Å². The number of piperazine rings is 1. The summed E-state index contributed by atoms with van der Waals surface area (Å²) in [6.45, 7) is 3.16. The molecule has 1 aliphatic heterocycles. The molecule has 1 aliphatic rings. The molecule has 2 rings (SSSR count). The van der Waals surface area contributed by atoms with Crippen molar-refractivity contribution in [3.05, 3.63) is 35.6 Å². The van der Waals surface area contributed by atoms with E-state index in [4.69, 9.17) is 0 Å². The van der Waals surface area contributed by atoms with E-state index >= 15 is 0 Å². The molecule has 1 unspecified atom stereocenters. The number of alkyl halides is 3. The lowest BCUT2D eigenvalue weighted by Gasteiger charge is -2.39. The van der Waals surface area contributed by atoms with Gasteiger partial charge in [0.15, 0.2) is 5.96 Å². The van der Waals surface area contributed by atoms with Crippen molar-refractivity contribution in [2.24, 2.45) is 4.99 Å². The van der Waals surface area contributed by atoms with Gasteiger partial charge in [-0.2, -0.15) is 13.2 Å². The third-order valence-electron chi connectivity index (χ3n) is 4.19. The van der Waals surface area contributed by atoms with Crippen LogP contribution >= 0.6 is 0 Å². The van der Waals surface area contributed by atoms with Crippen molar-refractivity contribution in [3.63, 3.8) is 0 Å². The van der Waals surface area contributed by atoms with Gasteiger partial charge in [0.05, 0.1) is 0 Å². The molecule has 0 aromatic heterocycles. The summed E-state index contributed by atoms with van der Waals surface area (Å²) >= 11 is 0. The van der Waals surface area contributed by atoms with E-state index in [0.29, 0.717) is 38.7 Å². The van der Waals surface area contributed by atoms with E-state index in [2.05, 4.69) is 10.3 Å². The van der Waals surface area contributed by atoms with Crippen LogP contribution in [0.1, 0.15) is 12.5 Å². The Balaban J connectivity index is 1.87. The Bertz CT molecular complexity index is 565. The van der Waals surface area contributed by atoms with E-state index in [-0.39, 0.29) is 5.82 Å². The first-order valence-corrected chi connectivity index (χ1v) is 7.82. The number of aliphatic imine (C=N–C) groups is 1. The summed E-state index contributed by atoms with van der Waals surface area (Å²) in [6, 6.07) is 4.79. The van der Waals surface area contributed by atoms with E-state index < -0.39 is 12.2 Å². The molecule has 0 amide bonds. The summed E-state index contributed by atoms with van der Waals surface area (Å²) in [5, 5.41) is 3.13. The highest BCUT2D eigenvalue weighted by Crippen LogP contribution is 2.25. The van der Waals surface area contributed by atoms with Crippen molar-refractivity contribution >= 4 is 5.96 Å². The van der Waals surface area contributed by atoms with Crippen LogP contribution in [0.5, 0.6) is 0 Å². The number of guanidine groups is 1. The van der Waals surface area contributed by atoms with Crippen LogP contribution < -0.4 is 5.32 Å². The Hall–Kier alpha value is -1.83. The Kier molecular flexibility index (Phi) is 6.04. The number of benzene rings is 1. The molecule has 8 heteroatoms. The average molecular weight is 346 g/mol. The van der Waals surface area contributed by atoms with Gasteiger partial charge in [0.1, 0.15) is 11.9 Å². The second-order valence-corrected chi connectivity index (χ2v) is 5.77. The number of nitrogens with zero attached hydrogens (tertiary/aromatic N) is 3. The van der Waals surface area contributed by atoms with E-state index in [1.807, 2.05) is 4.90 Å². The summed E-state index contributed by atoms with van der Waals surface area (Å²) in [7, 11) is 1.62. The molecule has 1 N–H and O–H groups in total. The van der Waals surface area contributed by atoms with Crippen LogP contribution in [0.4, 0.5) is 17.6 Å². The number of halogens is 4. The fraction of sp³-hybridized carbons (Fsp3) is 0.562. The predicted molar refractivity (Wildman–Crippen MR) is 85.3 cm³/mol. The van der Waals surface area contributed by atoms with Gasteiger partial charge in [0.25, 0.3) is 0 Å². The summed E-state index contributed by atoms with van der Waals surface area (Å²) in [5.41, 5.74) is 0.778. The fourth-order valence-corrected chi connectivity index (χ4v) is 2.69. The van der Waals surface area contributed by atoms with Crippen molar-refractivity contribution in [2.75, 3.05) is 33.2 Å². The molecular weight excluding hydrogens is 324 g/mol. The van der Waals surface area contributed by atoms with Gasteiger partial charge in [-0.3, -0.25) is 9.89 Å². The number of rotatable bonds is 3. The van der Waals surface area contributed by atoms with E-state index in [0.717, 1.165) is 5.56 Å². The van der Waals surface area contributed by atoms with Gasteiger partial charge in [0.2, 0.25) is 0 Å². The van der Waals surface area contributed by atoms with Gasteiger partial charge < -0.3 is 10.2 Å². The lowest BCUT2D eigenvalue weighted by atomic mass is 10.2. The first-order chi connectivity index (χ1) is 11.3. The average Bonchev–Trinajstić information content (AvgIpc) is 2.54.